The van der Waals surface area contributed by atoms with Crippen LogP contribution in [0.5, 0.6) is 0 Å². The zero-order chi connectivity index (χ0) is 15.6. The topological polar surface area (TPSA) is 75.4 Å². The summed E-state index contributed by atoms with van der Waals surface area (Å²) in [4.78, 5) is 25.6. The zero-order valence-corrected chi connectivity index (χ0v) is 13.0. The molecule has 21 heavy (non-hydrogen) atoms. The highest BCUT2D eigenvalue weighted by atomic mass is 35.5. The van der Waals surface area contributed by atoms with Crippen molar-refractivity contribution in [3.63, 3.8) is 0 Å². The fourth-order valence-electron chi connectivity index (χ4n) is 2.51. The van der Waals surface area contributed by atoms with Crippen LogP contribution in [0.25, 0.3) is 0 Å². The molecular formula is C15H20ClN3O2. The van der Waals surface area contributed by atoms with Crippen molar-refractivity contribution in [3.05, 3.63) is 28.8 Å². The summed E-state index contributed by atoms with van der Waals surface area (Å²) in [6.07, 6.45) is 2.40. The van der Waals surface area contributed by atoms with E-state index in [4.69, 9.17) is 17.3 Å². The molecule has 114 valence electrons. The van der Waals surface area contributed by atoms with Gasteiger partial charge < -0.3 is 16.0 Å². The number of rotatable bonds is 3. The fraction of sp³-hybridized carbons (Fsp3) is 0.467. The number of hydrogen-bond donors (Lipinski definition) is 2. The molecule has 0 bridgehead atoms. The van der Waals surface area contributed by atoms with Gasteiger partial charge in [-0.1, -0.05) is 11.6 Å². The van der Waals surface area contributed by atoms with E-state index in [-0.39, 0.29) is 23.8 Å². The molecule has 0 spiro atoms. The first-order valence-electron chi connectivity index (χ1n) is 6.96. The second-order valence-corrected chi connectivity index (χ2v) is 6.06. The zero-order valence-electron chi connectivity index (χ0n) is 12.2. The van der Waals surface area contributed by atoms with E-state index < -0.39 is 0 Å². The maximum Gasteiger partial charge on any atom is 0.254 e. The molecule has 0 aliphatic heterocycles. The van der Waals surface area contributed by atoms with Gasteiger partial charge >= 0.3 is 0 Å². The molecule has 6 heteroatoms. The molecule has 2 atom stereocenters. The number of carbonyl (C=O) groups excluding carboxylic acids is 2. The van der Waals surface area contributed by atoms with E-state index >= 15 is 0 Å². The Morgan fingerprint density at radius 3 is 2.62 bits per heavy atom. The van der Waals surface area contributed by atoms with Gasteiger partial charge in [-0.3, -0.25) is 9.59 Å². The van der Waals surface area contributed by atoms with Gasteiger partial charge in [0, 0.05) is 31.7 Å². The van der Waals surface area contributed by atoms with Crippen molar-refractivity contribution in [1.29, 1.82) is 0 Å². The quantitative estimate of drug-likeness (QED) is 0.898. The minimum absolute atomic E-state index is 0.0477. The monoisotopic (exact) mass is 309 g/mol. The molecule has 1 aromatic rings. The number of carbonyl (C=O) groups is 2. The summed E-state index contributed by atoms with van der Waals surface area (Å²) in [5.41, 5.74) is 6.78. The van der Waals surface area contributed by atoms with E-state index in [0.717, 1.165) is 12.8 Å². The highest BCUT2D eigenvalue weighted by molar-refractivity contribution is 6.34. The van der Waals surface area contributed by atoms with Gasteiger partial charge in [0.25, 0.3) is 5.91 Å². The third-order valence-electron chi connectivity index (χ3n) is 3.71. The van der Waals surface area contributed by atoms with Crippen molar-refractivity contribution >= 4 is 29.1 Å². The van der Waals surface area contributed by atoms with Crippen molar-refractivity contribution in [1.82, 2.24) is 4.90 Å². The molecule has 1 aromatic carbocycles. The second-order valence-electron chi connectivity index (χ2n) is 5.65. The van der Waals surface area contributed by atoms with Crippen LogP contribution >= 0.6 is 11.6 Å². The van der Waals surface area contributed by atoms with Crippen molar-refractivity contribution in [2.24, 2.45) is 11.7 Å². The Hall–Kier alpha value is -1.59. The molecule has 5 nitrogen and oxygen atoms in total. The molecule has 1 aliphatic carbocycles. The van der Waals surface area contributed by atoms with Crippen LogP contribution in [0.3, 0.4) is 0 Å². The lowest BCUT2D eigenvalue weighted by atomic mass is 10.1. The Morgan fingerprint density at radius 1 is 1.33 bits per heavy atom. The van der Waals surface area contributed by atoms with Crippen molar-refractivity contribution < 1.29 is 9.59 Å². The SMILES string of the molecule is CN(C)C(=O)c1cc(NC(=O)C2CCC(N)C2)ccc1Cl. The number of anilines is 1. The number of benzene rings is 1. The molecule has 2 amide bonds. The first-order valence-corrected chi connectivity index (χ1v) is 7.34. The Bertz CT molecular complexity index is 560. The largest absolute Gasteiger partial charge is 0.345 e. The Morgan fingerprint density at radius 2 is 2.05 bits per heavy atom. The van der Waals surface area contributed by atoms with Crippen LogP contribution in [0.4, 0.5) is 5.69 Å². The predicted octanol–water partition coefficient (Wildman–Crippen LogP) is 2.11. The van der Waals surface area contributed by atoms with E-state index in [1.807, 2.05) is 0 Å². The molecule has 2 unspecified atom stereocenters. The summed E-state index contributed by atoms with van der Waals surface area (Å²) in [6, 6.07) is 5.03. The van der Waals surface area contributed by atoms with Crippen LogP contribution in [0.2, 0.25) is 5.02 Å². The third-order valence-corrected chi connectivity index (χ3v) is 4.04. The summed E-state index contributed by atoms with van der Waals surface area (Å²) >= 11 is 6.04. The smallest absolute Gasteiger partial charge is 0.254 e. The van der Waals surface area contributed by atoms with Gasteiger partial charge in [0.05, 0.1) is 10.6 Å². The van der Waals surface area contributed by atoms with E-state index in [2.05, 4.69) is 5.32 Å². The van der Waals surface area contributed by atoms with Crippen LogP contribution in [-0.2, 0) is 4.79 Å². The average molecular weight is 310 g/mol. The van der Waals surface area contributed by atoms with Gasteiger partial charge in [0.15, 0.2) is 0 Å². The van der Waals surface area contributed by atoms with E-state index in [1.165, 1.54) is 4.90 Å². The highest BCUT2D eigenvalue weighted by Gasteiger charge is 2.27. The van der Waals surface area contributed by atoms with Gasteiger partial charge in [0.2, 0.25) is 5.91 Å². The minimum atomic E-state index is -0.195. The van der Waals surface area contributed by atoms with E-state index in [0.29, 0.717) is 22.7 Å². The standard InChI is InChI=1S/C15H20ClN3O2/c1-19(2)15(21)12-8-11(5-6-13(12)16)18-14(20)9-3-4-10(17)7-9/h5-6,8-10H,3-4,7,17H2,1-2H3,(H,18,20). The number of halogens is 1. The maximum absolute atomic E-state index is 12.2. The van der Waals surface area contributed by atoms with Gasteiger partial charge in [-0.15, -0.1) is 0 Å². The lowest BCUT2D eigenvalue weighted by Gasteiger charge is -2.14. The molecular weight excluding hydrogens is 290 g/mol. The normalized spacial score (nSPS) is 21.1. The van der Waals surface area contributed by atoms with Crippen molar-refractivity contribution in [2.75, 3.05) is 19.4 Å². The number of hydrogen-bond acceptors (Lipinski definition) is 3. The van der Waals surface area contributed by atoms with Gasteiger partial charge in [-0.2, -0.15) is 0 Å². The number of amides is 2. The summed E-state index contributed by atoms with van der Waals surface area (Å²) in [5.74, 6) is -0.295. The van der Waals surface area contributed by atoms with Gasteiger partial charge in [0.1, 0.15) is 0 Å². The Kier molecular flexibility index (Phi) is 4.85. The molecule has 2 rings (SSSR count). The first kappa shape index (κ1) is 15.8. The van der Waals surface area contributed by atoms with Gasteiger partial charge in [-0.25, -0.2) is 0 Å². The Balaban J connectivity index is 2.12. The molecule has 1 saturated carbocycles. The fourth-order valence-corrected chi connectivity index (χ4v) is 2.71. The summed E-state index contributed by atoms with van der Waals surface area (Å²) in [7, 11) is 3.31. The lowest BCUT2D eigenvalue weighted by molar-refractivity contribution is -0.119. The summed E-state index contributed by atoms with van der Waals surface area (Å²) in [5, 5.41) is 3.21. The van der Waals surface area contributed by atoms with Crippen LogP contribution in [0, 0.1) is 5.92 Å². The number of nitrogens with two attached hydrogens (primary N) is 1. The molecule has 1 fully saturated rings. The summed E-state index contributed by atoms with van der Waals surface area (Å²) < 4.78 is 0. The maximum atomic E-state index is 12.2. The minimum Gasteiger partial charge on any atom is -0.345 e. The van der Waals surface area contributed by atoms with Crippen LogP contribution in [0.15, 0.2) is 18.2 Å². The molecule has 0 saturated heterocycles. The van der Waals surface area contributed by atoms with Crippen molar-refractivity contribution in [3.8, 4) is 0 Å². The molecule has 3 N–H and O–H groups in total. The van der Waals surface area contributed by atoms with Crippen molar-refractivity contribution in [2.45, 2.75) is 25.3 Å². The van der Waals surface area contributed by atoms with Crippen LogP contribution < -0.4 is 11.1 Å². The molecule has 0 heterocycles. The number of nitrogens with zero attached hydrogens (tertiary/aromatic N) is 1. The van der Waals surface area contributed by atoms with E-state index in [9.17, 15) is 9.59 Å². The molecule has 0 radical (unpaired) electrons. The number of nitrogens with one attached hydrogen (secondary N) is 1. The first-order chi connectivity index (χ1) is 9.88. The van der Waals surface area contributed by atoms with Crippen LogP contribution in [0.1, 0.15) is 29.6 Å². The molecule has 0 aromatic heterocycles. The van der Waals surface area contributed by atoms with Gasteiger partial charge in [-0.05, 0) is 37.5 Å². The molecule has 1 aliphatic rings. The van der Waals surface area contributed by atoms with E-state index in [1.54, 1.807) is 32.3 Å². The Labute approximate surface area is 129 Å². The average Bonchev–Trinajstić information content (AvgIpc) is 2.86. The summed E-state index contributed by atoms with van der Waals surface area (Å²) in [6.45, 7) is 0. The predicted molar refractivity (Wildman–Crippen MR) is 83.4 cm³/mol. The van der Waals surface area contributed by atoms with Crippen LogP contribution in [-0.4, -0.2) is 36.9 Å². The third kappa shape index (κ3) is 3.74. The second kappa shape index (κ2) is 6.45. The highest BCUT2D eigenvalue weighted by Crippen LogP contribution is 2.27. The lowest BCUT2D eigenvalue weighted by Crippen LogP contribution is -2.24.